The molecule has 0 unspecified atom stereocenters. The number of rotatable bonds is 3. The Balaban J connectivity index is 1.47. The topological polar surface area (TPSA) is 79.6 Å². The minimum absolute atomic E-state index is 0.194. The lowest BCUT2D eigenvalue weighted by atomic mass is 9.96. The van der Waals surface area contributed by atoms with Gasteiger partial charge in [-0.1, -0.05) is 0 Å². The number of aryl methyl sites for hydroxylation is 1. The highest BCUT2D eigenvalue weighted by molar-refractivity contribution is 5.97. The number of nitrogens with one attached hydrogen (secondary N) is 1. The van der Waals surface area contributed by atoms with Crippen molar-refractivity contribution in [1.82, 2.24) is 4.90 Å². The molecule has 3 aromatic rings. The number of carbonyl (C=O) groups is 2. The van der Waals surface area contributed by atoms with E-state index in [9.17, 15) is 18.8 Å². The Bertz CT molecular complexity index is 1170. The summed E-state index contributed by atoms with van der Waals surface area (Å²) in [4.78, 5) is 38.7. The van der Waals surface area contributed by atoms with Crippen molar-refractivity contribution in [1.29, 1.82) is 0 Å². The second-order valence-corrected chi connectivity index (χ2v) is 7.55. The summed E-state index contributed by atoms with van der Waals surface area (Å²) in [6.07, 6.45) is 1.37. The number of hydrogen-bond acceptors (Lipinski definition) is 4. The first kappa shape index (κ1) is 19.8. The first-order chi connectivity index (χ1) is 14.4. The minimum atomic E-state index is -0.439. The van der Waals surface area contributed by atoms with Gasteiger partial charge in [-0.3, -0.25) is 9.59 Å². The number of nitrogens with zero attached hydrogens (tertiary/aromatic N) is 1. The highest BCUT2D eigenvalue weighted by Gasteiger charge is 2.29. The number of anilines is 1. The molecule has 0 spiro atoms. The van der Waals surface area contributed by atoms with Gasteiger partial charge in [-0.15, -0.1) is 0 Å². The molecule has 0 bridgehead atoms. The molecule has 2 aromatic carbocycles. The van der Waals surface area contributed by atoms with Gasteiger partial charge in [0.15, 0.2) is 0 Å². The Labute approximate surface area is 172 Å². The number of piperidine rings is 1. The predicted octanol–water partition coefficient (Wildman–Crippen LogP) is 3.73. The van der Waals surface area contributed by atoms with Crippen molar-refractivity contribution in [3.8, 4) is 0 Å². The van der Waals surface area contributed by atoms with E-state index in [1.807, 2.05) is 6.92 Å². The molecule has 1 fully saturated rings. The van der Waals surface area contributed by atoms with Crippen LogP contribution in [0.4, 0.5) is 10.1 Å². The normalized spacial score (nSPS) is 16.5. The van der Waals surface area contributed by atoms with Crippen molar-refractivity contribution in [2.75, 3.05) is 18.4 Å². The van der Waals surface area contributed by atoms with Crippen LogP contribution in [0, 0.1) is 18.7 Å². The summed E-state index contributed by atoms with van der Waals surface area (Å²) in [5.41, 5.74) is 1.71. The Kier molecular flexibility index (Phi) is 5.35. The van der Waals surface area contributed by atoms with Crippen LogP contribution in [0.25, 0.3) is 11.0 Å². The minimum Gasteiger partial charge on any atom is -0.423 e. The maximum Gasteiger partial charge on any atom is 0.336 e. The summed E-state index contributed by atoms with van der Waals surface area (Å²) >= 11 is 0. The van der Waals surface area contributed by atoms with Crippen LogP contribution in [-0.4, -0.2) is 29.8 Å². The number of halogens is 1. The van der Waals surface area contributed by atoms with E-state index in [1.54, 1.807) is 23.1 Å². The molecule has 1 atom stereocenters. The van der Waals surface area contributed by atoms with Gasteiger partial charge >= 0.3 is 5.63 Å². The Morgan fingerprint density at radius 1 is 1.13 bits per heavy atom. The monoisotopic (exact) mass is 408 g/mol. The predicted molar refractivity (Wildman–Crippen MR) is 111 cm³/mol. The molecule has 1 aliphatic heterocycles. The summed E-state index contributed by atoms with van der Waals surface area (Å²) in [6, 6.07) is 12.0. The fourth-order valence-electron chi connectivity index (χ4n) is 3.80. The SMILES string of the molecule is Cc1cc(=O)oc2cc(NC(=O)[C@H]3CCCN(C(=O)c4ccc(F)cc4)C3)ccc12. The first-order valence-corrected chi connectivity index (χ1v) is 9.81. The molecule has 1 saturated heterocycles. The van der Waals surface area contributed by atoms with Gasteiger partial charge in [-0.05, 0) is 61.7 Å². The van der Waals surface area contributed by atoms with Crippen LogP contribution in [0.2, 0.25) is 0 Å². The van der Waals surface area contributed by atoms with Crippen LogP contribution < -0.4 is 10.9 Å². The maximum atomic E-state index is 13.1. The summed E-state index contributed by atoms with van der Waals surface area (Å²) in [5, 5.41) is 3.67. The van der Waals surface area contributed by atoms with Gasteiger partial charge in [0, 0.05) is 41.9 Å². The zero-order valence-electron chi connectivity index (χ0n) is 16.5. The first-order valence-electron chi connectivity index (χ1n) is 9.81. The largest absolute Gasteiger partial charge is 0.423 e. The third kappa shape index (κ3) is 4.10. The van der Waals surface area contributed by atoms with Gasteiger partial charge in [-0.2, -0.15) is 0 Å². The molecular weight excluding hydrogens is 387 g/mol. The Hall–Kier alpha value is -3.48. The van der Waals surface area contributed by atoms with Gasteiger partial charge in [0.05, 0.1) is 5.92 Å². The number of amides is 2. The van der Waals surface area contributed by atoms with Crippen molar-refractivity contribution < 1.29 is 18.4 Å². The summed E-state index contributed by atoms with van der Waals surface area (Å²) in [6.45, 7) is 2.68. The van der Waals surface area contributed by atoms with E-state index in [2.05, 4.69) is 5.32 Å². The molecule has 1 aromatic heterocycles. The summed E-state index contributed by atoms with van der Waals surface area (Å²) < 4.78 is 18.3. The standard InChI is InChI=1S/C23H21FN2O4/c1-14-11-21(27)30-20-12-18(8-9-19(14)20)25-22(28)16-3-2-10-26(13-16)23(29)15-4-6-17(24)7-5-15/h4-9,11-12,16H,2-3,10,13H2,1H3,(H,25,28)/t16-/m0/s1. The molecule has 1 aliphatic rings. The third-order valence-electron chi connectivity index (χ3n) is 5.39. The van der Waals surface area contributed by atoms with Crippen LogP contribution in [0.5, 0.6) is 0 Å². The summed E-state index contributed by atoms with van der Waals surface area (Å²) in [7, 11) is 0. The summed E-state index contributed by atoms with van der Waals surface area (Å²) in [5.74, 6) is -1.16. The quantitative estimate of drug-likeness (QED) is 0.670. The van der Waals surface area contributed by atoms with E-state index >= 15 is 0 Å². The number of fused-ring (bicyclic) bond motifs is 1. The highest BCUT2D eigenvalue weighted by atomic mass is 19.1. The van der Waals surface area contributed by atoms with Crippen LogP contribution in [0.1, 0.15) is 28.8 Å². The molecule has 2 heterocycles. The van der Waals surface area contributed by atoms with Crippen molar-refractivity contribution in [2.24, 2.45) is 5.92 Å². The highest BCUT2D eigenvalue weighted by Crippen LogP contribution is 2.24. The number of hydrogen-bond donors (Lipinski definition) is 1. The second kappa shape index (κ2) is 8.10. The van der Waals surface area contributed by atoms with Gasteiger partial charge in [0.1, 0.15) is 11.4 Å². The van der Waals surface area contributed by atoms with Gasteiger partial charge in [-0.25, -0.2) is 9.18 Å². The second-order valence-electron chi connectivity index (χ2n) is 7.55. The van der Waals surface area contributed by atoms with Gasteiger partial charge < -0.3 is 14.6 Å². The fraction of sp³-hybridized carbons (Fsp3) is 0.261. The molecule has 4 rings (SSSR count). The van der Waals surface area contributed by atoms with Crippen molar-refractivity contribution in [3.05, 3.63) is 75.9 Å². The number of likely N-dealkylation sites (tertiary alicyclic amines) is 1. The Morgan fingerprint density at radius 3 is 2.67 bits per heavy atom. The molecule has 7 heteroatoms. The van der Waals surface area contributed by atoms with E-state index in [0.717, 1.165) is 10.9 Å². The zero-order chi connectivity index (χ0) is 21.3. The average molecular weight is 408 g/mol. The lowest BCUT2D eigenvalue weighted by molar-refractivity contribution is -0.121. The lowest BCUT2D eigenvalue weighted by Gasteiger charge is -2.32. The van der Waals surface area contributed by atoms with Crippen LogP contribution in [-0.2, 0) is 4.79 Å². The number of carbonyl (C=O) groups excluding carboxylic acids is 2. The van der Waals surface area contributed by atoms with Gasteiger partial charge in [0.25, 0.3) is 5.91 Å². The molecular formula is C23H21FN2O4. The Morgan fingerprint density at radius 2 is 1.90 bits per heavy atom. The average Bonchev–Trinajstić information content (AvgIpc) is 2.73. The van der Waals surface area contributed by atoms with E-state index in [1.165, 1.54) is 30.3 Å². The van der Waals surface area contributed by atoms with Crippen LogP contribution in [0.3, 0.4) is 0 Å². The molecule has 6 nitrogen and oxygen atoms in total. The van der Waals surface area contributed by atoms with E-state index in [0.29, 0.717) is 42.8 Å². The molecule has 2 amide bonds. The fourth-order valence-corrected chi connectivity index (χ4v) is 3.80. The van der Waals surface area contributed by atoms with E-state index < -0.39 is 11.4 Å². The zero-order valence-corrected chi connectivity index (χ0v) is 16.5. The van der Waals surface area contributed by atoms with Crippen molar-refractivity contribution in [2.45, 2.75) is 19.8 Å². The molecule has 0 saturated carbocycles. The smallest absolute Gasteiger partial charge is 0.336 e. The van der Waals surface area contributed by atoms with E-state index in [-0.39, 0.29) is 17.7 Å². The van der Waals surface area contributed by atoms with Crippen LogP contribution in [0.15, 0.2) is 57.7 Å². The maximum absolute atomic E-state index is 13.1. The number of benzene rings is 2. The van der Waals surface area contributed by atoms with E-state index in [4.69, 9.17) is 4.42 Å². The van der Waals surface area contributed by atoms with Crippen molar-refractivity contribution in [3.63, 3.8) is 0 Å². The molecule has 154 valence electrons. The third-order valence-corrected chi connectivity index (χ3v) is 5.39. The van der Waals surface area contributed by atoms with Gasteiger partial charge in [0.2, 0.25) is 5.91 Å². The molecule has 30 heavy (non-hydrogen) atoms. The molecule has 0 radical (unpaired) electrons. The van der Waals surface area contributed by atoms with Crippen molar-refractivity contribution >= 4 is 28.5 Å². The van der Waals surface area contributed by atoms with Crippen LogP contribution >= 0.6 is 0 Å². The molecule has 1 N–H and O–H groups in total. The molecule has 0 aliphatic carbocycles. The lowest BCUT2D eigenvalue weighted by Crippen LogP contribution is -2.43.